The lowest BCUT2D eigenvalue weighted by Gasteiger charge is -2.17. The van der Waals surface area contributed by atoms with Crippen LogP contribution in [0.1, 0.15) is 44.2 Å². The second kappa shape index (κ2) is 7.40. The molecule has 0 atom stereocenters. The average molecular weight is 314 g/mol. The quantitative estimate of drug-likeness (QED) is 0.796. The molecule has 0 bridgehead atoms. The molecule has 0 amide bonds. The van der Waals surface area contributed by atoms with Gasteiger partial charge in [0.25, 0.3) is 0 Å². The van der Waals surface area contributed by atoms with Crippen LogP contribution in [0.3, 0.4) is 0 Å². The summed E-state index contributed by atoms with van der Waals surface area (Å²) in [5.74, 6) is 1.06. The minimum atomic E-state index is -0.266. The van der Waals surface area contributed by atoms with Crippen molar-refractivity contribution >= 4 is 17.5 Å². The molecule has 3 rings (SSSR count). The molecule has 1 aromatic carbocycles. The maximum absolute atomic E-state index is 13.3. The van der Waals surface area contributed by atoms with E-state index in [-0.39, 0.29) is 5.82 Å². The van der Waals surface area contributed by atoms with E-state index >= 15 is 0 Å². The van der Waals surface area contributed by atoms with E-state index in [1.165, 1.54) is 50.7 Å². The van der Waals surface area contributed by atoms with E-state index < -0.39 is 0 Å². The van der Waals surface area contributed by atoms with E-state index in [1.807, 2.05) is 19.1 Å². The van der Waals surface area contributed by atoms with Crippen molar-refractivity contribution in [2.24, 2.45) is 0 Å². The first-order valence-corrected chi connectivity index (χ1v) is 8.34. The van der Waals surface area contributed by atoms with Crippen molar-refractivity contribution in [3.63, 3.8) is 0 Å². The van der Waals surface area contributed by atoms with Crippen molar-refractivity contribution in [1.29, 1.82) is 0 Å². The van der Waals surface area contributed by atoms with Gasteiger partial charge in [0, 0.05) is 23.5 Å². The topological polar surface area (TPSA) is 49.8 Å². The van der Waals surface area contributed by atoms with E-state index in [0.717, 1.165) is 5.69 Å². The van der Waals surface area contributed by atoms with Gasteiger partial charge >= 0.3 is 0 Å². The van der Waals surface area contributed by atoms with Crippen LogP contribution in [0.25, 0.3) is 0 Å². The highest BCUT2D eigenvalue weighted by Gasteiger charge is 2.13. The highest BCUT2D eigenvalue weighted by molar-refractivity contribution is 5.57. The molecule has 1 fully saturated rings. The van der Waals surface area contributed by atoms with Gasteiger partial charge in [-0.05, 0) is 38.0 Å². The Bertz CT molecular complexity index is 651. The molecule has 0 saturated heterocycles. The minimum absolute atomic E-state index is 0.266. The van der Waals surface area contributed by atoms with Crippen molar-refractivity contribution in [3.05, 3.63) is 41.8 Å². The first kappa shape index (κ1) is 15.7. The number of halogens is 1. The Morgan fingerprint density at radius 2 is 1.83 bits per heavy atom. The molecule has 1 saturated carbocycles. The van der Waals surface area contributed by atoms with Crippen molar-refractivity contribution in [2.45, 2.75) is 51.5 Å². The largest absolute Gasteiger partial charge is 0.351 e. The number of benzene rings is 1. The molecule has 2 N–H and O–H groups in total. The maximum atomic E-state index is 13.3. The summed E-state index contributed by atoms with van der Waals surface area (Å²) in [6, 6.07) is 8.69. The smallest absolute Gasteiger partial charge is 0.225 e. The van der Waals surface area contributed by atoms with Gasteiger partial charge in [0.2, 0.25) is 5.95 Å². The molecule has 0 aliphatic heterocycles. The summed E-state index contributed by atoms with van der Waals surface area (Å²) in [4.78, 5) is 9.01. The lowest BCUT2D eigenvalue weighted by Crippen LogP contribution is -2.20. The molecule has 1 heterocycles. The van der Waals surface area contributed by atoms with Crippen LogP contribution in [0, 0.1) is 12.7 Å². The number of nitrogens with zero attached hydrogens (tertiary/aromatic N) is 2. The van der Waals surface area contributed by atoms with Crippen LogP contribution in [-0.4, -0.2) is 16.0 Å². The maximum Gasteiger partial charge on any atom is 0.225 e. The van der Waals surface area contributed by atoms with Gasteiger partial charge in [-0.25, -0.2) is 9.37 Å². The van der Waals surface area contributed by atoms with E-state index in [0.29, 0.717) is 23.5 Å². The number of aromatic nitrogens is 2. The third-order valence-electron chi connectivity index (χ3n) is 4.14. The van der Waals surface area contributed by atoms with Crippen LogP contribution in [0.5, 0.6) is 0 Å². The molecule has 0 unspecified atom stereocenters. The third-order valence-corrected chi connectivity index (χ3v) is 4.14. The summed E-state index contributed by atoms with van der Waals surface area (Å²) >= 11 is 0. The molecular weight excluding hydrogens is 291 g/mol. The predicted molar refractivity (Wildman–Crippen MR) is 91.6 cm³/mol. The fraction of sp³-hybridized carbons (Fsp3) is 0.444. The van der Waals surface area contributed by atoms with Gasteiger partial charge in [-0.1, -0.05) is 31.7 Å². The van der Waals surface area contributed by atoms with E-state index in [2.05, 4.69) is 20.6 Å². The molecule has 0 spiro atoms. The Kier molecular flexibility index (Phi) is 5.05. The van der Waals surface area contributed by atoms with Crippen LogP contribution in [0.4, 0.5) is 21.8 Å². The molecule has 5 heteroatoms. The van der Waals surface area contributed by atoms with Crippen LogP contribution >= 0.6 is 0 Å². The Balaban J connectivity index is 1.73. The summed E-state index contributed by atoms with van der Waals surface area (Å²) in [6.07, 6.45) is 7.50. The minimum Gasteiger partial charge on any atom is -0.351 e. The van der Waals surface area contributed by atoms with Crippen molar-refractivity contribution < 1.29 is 4.39 Å². The Hall–Kier alpha value is -2.17. The van der Waals surface area contributed by atoms with Crippen LogP contribution < -0.4 is 10.6 Å². The summed E-state index contributed by atoms with van der Waals surface area (Å²) < 4.78 is 13.3. The summed E-state index contributed by atoms with van der Waals surface area (Å²) in [5, 5.41) is 6.61. The van der Waals surface area contributed by atoms with Crippen molar-refractivity contribution in [2.75, 3.05) is 10.6 Å². The van der Waals surface area contributed by atoms with E-state index in [4.69, 9.17) is 0 Å². The molecule has 23 heavy (non-hydrogen) atoms. The SMILES string of the molecule is Cc1cc(Nc2cccc(F)c2)nc(NC2CCCCCC2)n1. The fourth-order valence-electron chi connectivity index (χ4n) is 3.02. The molecule has 4 nitrogen and oxygen atoms in total. The highest BCUT2D eigenvalue weighted by atomic mass is 19.1. The molecular formula is C18H23FN4. The second-order valence-electron chi connectivity index (χ2n) is 6.19. The fourth-order valence-corrected chi connectivity index (χ4v) is 3.02. The molecule has 1 aromatic heterocycles. The summed E-state index contributed by atoms with van der Waals surface area (Å²) in [6.45, 7) is 1.94. The van der Waals surface area contributed by atoms with E-state index in [1.54, 1.807) is 6.07 Å². The number of anilines is 3. The van der Waals surface area contributed by atoms with Gasteiger partial charge in [-0.15, -0.1) is 0 Å². The zero-order valence-electron chi connectivity index (χ0n) is 13.5. The standard InChI is InChI=1S/C18H23FN4/c1-13-11-17(21-16-10-6-7-14(19)12-16)23-18(20-13)22-15-8-4-2-3-5-9-15/h6-7,10-12,15H,2-5,8-9H2,1H3,(H2,20,21,22,23). The summed E-state index contributed by atoms with van der Waals surface area (Å²) in [7, 11) is 0. The van der Waals surface area contributed by atoms with Gasteiger partial charge in [0.1, 0.15) is 11.6 Å². The van der Waals surface area contributed by atoms with Gasteiger partial charge in [-0.3, -0.25) is 0 Å². The second-order valence-corrected chi connectivity index (χ2v) is 6.19. The zero-order valence-corrected chi connectivity index (χ0v) is 13.5. The third kappa shape index (κ3) is 4.65. The Morgan fingerprint density at radius 3 is 2.57 bits per heavy atom. The van der Waals surface area contributed by atoms with Gasteiger partial charge in [0.15, 0.2) is 0 Å². The van der Waals surface area contributed by atoms with Crippen LogP contribution in [0.15, 0.2) is 30.3 Å². The first-order chi connectivity index (χ1) is 11.2. The van der Waals surface area contributed by atoms with Gasteiger partial charge in [-0.2, -0.15) is 4.98 Å². The number of aryl methyl sites for hydroxylation is 1. The normalized spacial score (nSPS) is 15.9. The molecule has 122 valence electrons. The Labute approximate surface area is 136 Å². The lowest BCUT2D eigenvalue weighted by atomic mass is 10.1. The molecule has 1 aliphatic rings. The van der Waals surface area contributed by atoms with Crippen LogP contribution in [0.2, 0.25) is 0 Å². The number of nitrogens with one attached hydrogen (secondary N) is 2. The van der Waals surface area contributed by atoms with Crippen molar-refractivity contribution in [1.82, 2.24) is 9.97 Å². The monoisotopic (exact) mass is 314 g/mol. The molecule has 0 radical (unpaired) electrons. The Morgan fingerprint density at radius 1 is 1.04 bits per heavy atom. The van der Waals surface area contributed by atoms with Gasteiger partial charge < -0.3 is 10.6 Å². The predicted octanol–water partition coefficient (Wildman–Crippen LogP) is 4.80. The van der Waals surface area contributed by atoms with Crippen molar-refractivity contribution in [3.8, 4) is 0 Å². The summed E-state index contributed by atoms with van der Waals surface area (Å²) in [5.41, 5.74) is 1.57. The van der Waals surface area contributed by atoms with Crippen LogP contribution in [-0.2, 0) is 0 Å². The lowest BCUT2D eigenvalue weighted by molar-refractivity contribution is 0.614. The number of hydrogen-bond donors (Lipinski definition) is 2. The number of rotatable bonds is 4. The number of hydrogen-bond acceptors (Lipinski definition) is 4. The average Bonchev–Trinajstić information content (AvgIpc) is 2.75. The highest BCUT2D eigenvalue weighted by Crippen LogP contribution is 2.22. The zero-order chi connectivity index (χ0) is 16.1. The first-order valence-electron chi connectivity index (χ1n) is 8.34. The molecule has 2 aromatic rings. The molecule has 1 aliphatic carbocycles. The van der Waals surface area contributed by atoms with E-state index in [9.17, 15) is 4.39 Å². The van der Waals surface area contributed by atoms with Gasteiger partial charge in [0.05, 0.1) is 0 Å².